The molecule has 0 atom stereocenters. The van der Waals surface area contributed by atoms with Crippen molar-refractivity contribution in [1.82, 2.24) is 0 Å². The van der Waals surface area contributed by atoms with E-state index in [1.807, 2.05) is 51.1 Å². The van der Waals surface area contributed by atoms with Gasteiger partial charge in [-0.05, 0) is 63.4 Å². The van der Waals surface area contributed by atoms with Gasteiger partial charge in [-0.3, -0.25) is 9.59 Å². The number of amides is 2. The highest BCUT2D eigenvalue weighted by Crippen LogP contribution is 2.35. The van der Waals surface area contributed by atoms with Crippen LogP contribution in [0.15, 0.2) is 42.5 Å². The van der Waals surface area contributed by atoms with Gasteiger partial charge in [-0.1, -0.05) is 35.9 Å². The summed E-state index contributed by atoms with van der Waals surface area (Å²) < 4.78 is 5.19. The fraction of sp³-hybridized carbons (Fsp3) is 0.240. The van der Waals surface area contributed by atoms with Crippen LogP contribution in [0.1, 0.15) is 59.6 Å². The minimum atomic E-state index is -0.577. The van der Waals surface area contributed by atoms with Gasteiger partial charge in [0.05, 0.1) is 17.0 Å². The molecule has 3 rings (SSSR count). The molecule has 0 bridgehead atoms. The number of hydrogen-bond acceptors (Lipinski definition) is 5. The number of benzene rings is 2. The molecule has 166 valence electrons. The summed E-state index contributed by atoms with van der Waals surface area (Å²) in [6.45, 7) is 9.31. The van der Waals surface area contributed by atoms with Crippen molar-refractivity contribution in [1.29, 1.82) is 0 Å². The monoisotopic (exact) mass is 450 g/mol. The van der Waals surface area contributed by atoms with Crippen molar-refractivity contribution in [3.05, 3.63) is 80.7 Å². The third-order valence-electron chi connectivity index (χ3n) is 5.08. The van der Waals surface area contributed by atoms with Crippen LogP contribution in [0, 0.1) is 27.7 Å². The number of carbonyl (C=O) groups is 3. The molecule has 0 spiro atoms. The van der Waals surface area contributed by atoms with Crippen molar-refractivity contribution in [3.8, 4) is 0 Å². The van der Waals surface area contributed by atoms with Gasteiger partial charge in [0.25, 0.3) is 11.8 Å². The molecule has 0 aliphatic rings. The second kappa shape index (κ2) is 9.78. The molecule has 7 heteroatoms. The lowest BCUT2D eigenvalue weighted by Crippen LogP contribution is -2.16. The van der Waals surface area contributed by atoms with Crippen molar-refractivity contribution in [3.63, 3.8) is 0 Å². The van der Waals surface area contributed by atoms with E-state index < -0.39 is 5.97 Å². The Bertz CT molecular complexity index is 1200. The molecule has 1 heterocycles. The number of anilines is 2. The molecule has 3 aromatic rings. The van der Waals surface area contributed by atoms with Gasteiger partial charge >= 0.3 is 5.97 Å². The summed E-state index contributed by atoms with van der Waals surface area (Å²) >= 11 is 1.06. The normalized spacial score (nSPS) is 10.5. The summed E-state index contributed by atoms with van der Waals surface area (Å²) in [5, 5.41) is 6.00. The summed E-state index contributed by atoms with van der Waals surface area (Å²) in [7, 11) is 0. The van der Waals surface area contributed by atoms with E-state index in [-0.39, 0.29) is 24.0 Å². The lowest BCUT2D eigenvalue weighted by Gasteiger charge is -2.09. The number of nitrogens with one attached hydrogen (secondary N) is 2. The van der Waals surface area contributed by atoms with Crippen LogP contribution in [0.2, 0.25) is 0 Å². The molecular weight excluding hydrogens is 424 g/mol. The second-order valence-electron chi connectivity index (χ2n) is 7.52. The van der Waals surface area contributed by atoms with Crippen molar-refractivity contribution in [2.24, 2.45) is 0 Å². The van der Waals surface area contributed by atoms with Crippen molar-refractivity contribution < 1.29 is 19.1 Å². The number of thiophene rings is 1. The Morgan fingerprint density at radius 2 is 1.62 bits per heavy atom. The van der Waals surface area contributed by atoms with Crippen LogP contribution in [0.5, 0.6) is 0 Å². The lowest BCUT2D eigenvalue weighted by molar-refractivity contribution is 0.0527. The zero-order chi connectivity index (χ0) is 23.4. The highest BCUT2D eigenvalue weighted by atomic mass is 32.1. The van der Waals surface area contributed by atoms with E-state index in [0.29, 0.717) is 26.7 Å². The summed E-state index contributed by atoms with van der Waals surface area (Å²) in [5.41, 5.74) is 4.69. The Labute approximate surface area is 191 Å². The summed E-state index contributed by atoms with van der Waals surface area (Å²) in [4.78, 5) is 38.9. The van der Waals surface area contributed by atoms with Crippen molar-refractivity contribution in [2.45, 2.75) is 34.6 Å². The van der Waals surface area contributed by atoms with Gasteiger partial charge in [0.2, 0.25) is 0 Å². The van der Waals surface area contributed by atoms with Crippen LogP contribution in [-0.2, 0) is 4.74 Å². The lowest BCUT2D eigenvalue weighted by atomic mass is 10.1. The maximum Gasteiger partial charge on any atom is 0.341 e. The summed E-state index contributed by atoms with van der Waals surface area (Å²) in [6, 6.07) is 12.9. The Hall–Kier alpha value is -3.45. The third-order valence-corrected chi connectivity index (χ3v) is 6.29. The zero-order valence-corrected chi connectivity index (χ0v) is 19.6. The smallest absolute Gasteiger partial charge is 0.341 e. The Morgan fingerprint density at radius 1 is 0.906 bits per heavy atom. The fourth-order valence-electron chi connectivity index (χ4n) is 3.40. The summed E-state index contributed by atoms with van der Waals surface area (Å²) in [6.07, 6.45) is 0. The molecule has 2 N–H and O–H groups in total. The molecule has 2 amide bonds. The van der Waals surface area contributed by atoms with Crippen molar-refractivity contribution >= 4 is 39.8 Å². The van der Waals surface area contributed by atoms with Crippen LogP contribution in [0.3, 0.4) is 0 Å². The molecule has 0 saturated heterocycles. The highest BCUT2D eigenvalue weighted by Gasteiger charge is 2.27. The fourth-order valence-corrected chi connectivity index (χ4v) is 4.48. The molecule has 1 aromatic heterocycles. The minimum absolute atomic E-state index is 0.184. The van der Waals surface area contributed by atoms with Gasteiger partial charge in [-0.2, -0.15) is 0 Å². The number of esters is 1. The first kappa shape index (κ1) is 23.2. The number of carbonyl (C=O) groups excluding carboxylic acids is 3. The van der Waals surface area contributed by atoms with Gasteiger partial charge in [0.15, 0.2) is 0 Å². The predicted molar refractivity (Wildman–Crippen MR) is 128 cm³/mol. The molecule has 0 fully saturated rings. The highest BCUT2D eigenvalue weighted by molar-refractivity contribution is 7.19. The standard InChI is InChI=1S/C25H26N2O4S/c1-6-31-25(30)20-17(5)21(23(29)26-19-12-11-14(2)13-16(19)4)32-24(20)27-22(28)18-10-8-7-9-15(18)3/h7-13H,6H2,1-5H3,(H,26,29)(H,27,28). The van der Waals surface area contributed by atoms with Gasteiger partial charge in [0.1, 0.15) is 5.00 Å². The van der Waals surface area contributed by atoms with Gasteiger partial charge in [-0.15, -0.1) is 11.3 Å². The van der Waals surface area contributed by atoms with E-state index in [1.54, 1.807) is 26.0 Å². The van der Waals surface area contributed by atoms with E-state index in [4.69, 9.17) is 4.74 Å². The molecule has 32 heavy (non-hydrogen) atoms. The van der Waals surface area contributed by atoms with Gasteiger partial charge in [-0.25, -0.2) is 4.79 Å². The van der Waals surface area contributed by atoms with E-state index in [9.17, 15) is 14.4 Å². The van der Waals surface area contributed by atoms with E-state index in [2.05, 4.69) is 10.6 Å². The van der Waals surface area contributed by atoms with E-state index in [1.165, 1.54) is 0 Å². The molecule has 0 radical (unpaired) electrons. The zero-order valence-electron chi connectivity index (χ0n) is 18.8. The summed E-state index contributed by atoms with van der Waals surface area (Å²) in [5.74, 6) is -1.27. The van der Waals surface area contributed by atoms with E-state index in [0.717, 1.165) is 28.0 Å². The number of rotatable bonds is 6. The number of aryl methyl sites for hydroxylation is 3. The molecule has 2 aromatic carbocycles. The quantitative estimate of drug-likeness (QED) is 0.474. The largest absolute Gasteiger partial charge is 0.462 e. The minimum Gasteiger partial charge on any atom is -0.462 e. The molecule has 0 unspecified atom stereocenters. The average Bonchev–Trinajstić information content (AvgIpc) is 3.06. The molecule has 0 aliphatic carbocycles. The molecular formula is C25H26N2O4S. The Morgan fingerprint density at radius 3 is 2.28 bits per heavy atom. The predicted octanol–water partition coefficient (Wildman–Crippen LogP) is 5.66. The first-order valence-electron chi connectivity index (χ1n) is 10.3. The molecule has 0 aliphatic heterocycles. The van der Waals surface area contributed by atoms with Gasteiger partial charge < -0.3 is 15.4 Å². The van der Waals surface area contributed by atoms with Crippen LogP contribution < -0.4 is 10.6 Å². The molecule has 6 nitrogen and oxygen atoms in total. The SMILES string of the molecule is CCOC(=O)c1c(NC(=O)c2ccccc2C)sc(C(=O)Nc2ccc(C)cc2C)c1C. The number of ether oxygens (including phenoxy) is 1. The number of hydrogen-bond donors (Lipinski definition) is 2. The van der Waals surface area contributed by atoms with Crippen LogP contribution in [0.4, 0.5) is 10.7 Å². The second-order valence-corrected chi connectivity index (χ2v) is 8.54. The van der Waals surface area contributed by atoms with Crippen LogP contribution in [0.25, 0.3) is 0 Å². The van der Waals surface area contributed by atoms with Gasteiger partial charge in [0, 0.05) is 11.3 Å². The topological polar surface area (TPSA) is 84.5 Å². The first-order valence-corrected chi connectivity index (χ1v) is 11.1. The van der Waals surface area contributed by atoms with Crippen LogP contribution in [-0.4, -0.2) is 24.4 Å². The molecule has 0 saturated carbocycles. The average molecular weight is 451 g/mol. The Kier molecular flexibility index (Phi) is 7.10. The van der Waals surface area contributed by atoms with Crippen molar-refractivity contribution in [2.75, 3.05) is 17.2 Å². The van der Waals surface area contributed by atoms with E-state index >= 15 is 0 Å². The van der Waals surface area contributed by atoms with Crippen LogP contribution >= 0.6 is 11.3 Å². The first-order chi connectivity index (χ1) is 15.2. The Balaban J connectivity index is 1.97. The maximum absolute atomic E-state index is 13.1. The maximum atomic E-state index is 13.1. The third kappa shape index (κ3) is 4.89.